The maximum atomic E-state index is 4.47. The van der Waals surface area contributed by atoms with Crippen molar-refractivity contribution in [2.24, 2.45) is 0 Å². The van der Waals surface area contributed by atoms with Crippen LogP contribution in [0.1, 0.15) is 17.2 Å². The minimum absolute atomic E-state index is 0.432. The summed E-state index contributed by atoms with van der Waals surface area (Å²) < 4.78 is 0. The molecule has 1 fully saturated rings. The number of rotatable bonds is 2. The summed E-state index contributed by atoms with van der Waals surface area (Å²) in [5.41, 5.74) is 5.04. The molecule has 0 spiro atoms. The van der Waals surface area contributed by atoms with Gasteiger partial charge in [-0.1, -0.05) is 29.8 Å². The Morgan fingerprint density at radius 3 is 2.52 bits per heavy atom. The smallest absolute Gasteiger partial charge is 0.0488 e. The van der Waals surface area contributed by atoms with Crippen LogP contribution in [0.3, 0.4) is 0 Å². The Bertz CT molecular complexity index is 606. The number of aryl methyl sites for hydroxylation is 1. The lowest BCUT2D eigenvalue weighted by molar-refractivity contribution is 0.115. The van der Waals surface area contributed by atoms with Crippen LogP contribution in [0, 0.1) is 6.92 Å². The third-order valence-corrected chi connectivity index (χ3v) is 4.38. The lowest BCUT2D eigenvalue weighted by Crippen LogP contribution is -2.44. The number of piperazine rings is 1. The molecule has 2 heterocycles. The van der Waals surface area contributed by atoms with Gasteiger partial charge in [-0.05, 0) is 38.2 Å². The van der Waals surface area contributed by atoms with Crippen LogP contribution in [0.15, 0.2) is 42.7 Å². The third-order valence-electron chi connectivity index (χ3n) is 4.38. The molecule has 3 heteroatoms. The van der Waals surface area contributed by atoms with Crippen LogP contribution in [0.25, 0.3) is 11.1 Å². The zero-order valence-corrected chi connectivity index (χ0v) is 13.1. The Morgan fingerprint density at radius 1 is 1.00 bits per heavy atom. The van der Waals surface area contributed by atoms with Crippen LogP contribution in [-0.4, -0.2) is 48.5 Å². The van der Waals surface area contributed by atoms with E-state index in [0.29, 0.717) is 6.04 Å². The minimum atomic E-state index is 0.432. The van der Waals surface area contributed by atoms with Gasteiger partial charge in [-0.3, -0.25) is 9.88 Å². The molecule has 0 radical (unpaired) electrons. The molecule has 0 bridgehead atoms. The van der Waals surface area contributed by atoms with E-state index >= 15 is 0 Å². The van der Waals surface area contributed by atoms with Crippen molar-refractivity contribution < 1.29 is 0 Å². The van der Waals surface area contributed by atoms with Crippen LogP contribution in [0.4, 0.5) is 0 Å². The monoisotopic (exact) mass is 281 g/mol. The van der Waals surface area contributed by atoms with Gasteiger partial charge in [0.15, 0.2) is 0 Å². The molecule has 1 aromatic heterocycles. The first-order valence-corrected chi connectivity index (χ1v) is 7.54. The number of aromatic nitrogens is 1. The first-order chi connectivity index (χ1) is 10.1. The SMILES string of the molecule is Cc1ccc(-c2cncc(C3CN(C)CCN3C)c2)cc1. The van der Waals surface area contributed by atoms with E-state index in [0.717, 1.165) is 19.6 Å². The number of benzene rings is 1. The van der Waals surface area contributed by atoms with Gasteiger partial charge in [0.2, 0.25) is 0 Å². The summed E-state index contributed by atoms with van der Waals surface area (Å²) in [7, 11) is 4.40. The van der Waals surface area contributed by atoms with Gasteiger partial charge in [0.1, 0.15) is 0 Å². The molecule has 0 saturated carbocycles. The zero-order valence-electron chi connectivity index (χ0n) is 13.1. The van der Waals surface area contributed by atoms with E-state index in [1.807, 2.05) is 12.4 Å². The Balaban J connectivity index is 1.90. The summed E-state index contributed by atoms with van der Waals surface area (Å²) in [4.78, 5) is 9.29. The average Bonchev–Trinajstić information content (AvgIpc) is 2.50. The first-order valence-electron chi connectivity index (χ1n) is 7.54. The van der Waals surface area contributed by atoms with Crippen molar-refractivity contribution in [3.05, 3.63) is 53.9 Å². The molecule has 0 N–H and O–H groups in total. The van der Waals surface area contributed by atoms with Gasteiger partial charge >= 0.3 is 0 Å². The molecule has 2 aromatic rings. The molecule has 3 nitrogen and oxygen atoms in total. The number of nitrogens with zero attached hydrogens (tertiary/aromatic N) is 3. The van der Waals surface area contributed by atoms with Crippen LogP contribution >= 0.6 is 0 Å². The van der Waals surface area contributed by atoms with Gasteiger partial charge in [0, 0.05) is 43.6 Å². The van der Waals surface area contributed by atoms with Crippen LogP contribution in [0.5, 0.6) is 0 Å². The standard InChI is InChI=1S/C18H23N3/c1-14-4-6-15(7-5-14)16-10-17(12-19-11-16)18-13-20(2)8-9-21(18)3/h4-7,10-12,18H,8-9,13H2,1-3H3. The van der Waals surface area contributed by atoms with E-state index in [-0.39, 0.29) is 0 Å². The van der Waals surface area contributed by atoms with E-state index in [2.05, 4.69) is 66.1 Å². The van der Waals surface area contributed by atoms with E-state index in [4.69, 9.17) is 0 Å². The maximum Gasteiger partial charge on any atom is 0.0488 e. The van der Waals surface area contributed by atoms with Crippen molar-refractivity contribution in [2.45, 2.75) is 13.0 Å². The summed E-state index contributed by atoms with van der Waals surface area (Å²) >= 11 is 0. The van der Waals surface area contributed by atoms with E-state index in [9.17, 15) is 0 Å². The molecular weight excluding hydrogens is 258 g/mol. The molecular formula is C18H23N3. The summed E-state index contributed by atoms with van der Waals surface area (Å²) in [6, 6.07) is 11.4. The number of hydrogen-bond donors (Lipinski definition) is 0. The summed E-state index contributed by atoms with van der Waals surface area (Å²) in [5.74, 6) is 0. The highest BCUT2D eigenvalue weighted by molar-refractivity contribution is 5.63. The lowest BCUT2D eigenvalue weighted by atomic mass is 10.00. The maximum absolute atomic E-state index is 4.47. The molecule has 1 unspecified atom stereocenters. The van der Waals surface area contributed by atoms with Crippen molar-refractivity contribution in [3.63, 3.8) is 0 Å². The molecule has 1 atom stereocenters. The molecule has 1 aliphatic heterocycles. The quantitative estimate of drug-likeness (QED) is 0.843. The Morgan fingerprint density at radius 2 is 1.76 bits per heavy atom. The van der Waals surface area contributed by atoms with Gasteiger partial charge in [-0.2, -0.15) is 0 Å². The van der Waals surface area contributed by atoms with Crippen LogP contribution in [0.2, 0.25) is 0 Å². The van der Waals surface area contributed by atoms with Crippen molar-refractivity contribution in [2.75, 3.05) is 33.7 Å². The van der Waals surface area contributed by atoms with Crippen LogP contribution in [-0.2, 0) is 0 Å². The fourth-order valence-electron chi connectivity index (χ4n) is 2.91. The third kappa shape index (κ3) is 3.14. The second-order valence-corrected chi connectivity index (χ2v) is 6.13. The molecule has 3 rings (SSSR count). The number of hydrogen-bond acceptors (Lipinski definition) is 3. The summed E-state index contributed by atoms with van der Waals surface area (Å²) in [5, 5.41) is 0. The van der Waals surface area contributed by atoms with Gasteiger partial charge < -0.3 is 4.90 Å². The second-order valence-electron chi connectivity index (χ2n) is 6.13. The van der Waals surface area contributed by atoms with Crippen molar-refractivity contribution >= 4 is 0 Å². The highest BCUT2D eigenvalue weighted by Crippen LogP contribution is 2.27. The fraction of sp³-hybridized carbons (Fsp3) is 0.389. The highest BCUT2D eigenvalue weighted by atomic mass is 15.3. The summed E-state index contributed by atoms with van der Waals surface area (Å²) in [6.07, 6.45) is 3.97. The van der Waals surface area contributed by atoms with E-state index < -0.39 is 0 Å². The Hall–Kier alpha value is -1.71. The van der Waals surface area contributed by atoms with Crippen molar-refractivity contribution in [1.29, 1.82) is 0 Å². The van der Waals surface area contributed by atoms with Gasteiger partial charge in [0.25, 0.3) is 0 Å². The van der Waals surface area contributed by atoms with Gasteiger partial charge in [0.05, 0.1) is 0 Å². The largest absolute Gasteiger partial charge is 0.303 e. The van der Waals surface area contributed by atoms with Crippen molar-refractivity contribution in [3.8, 4) is 11.1 Å². The predicted molar refractivity (Wildman–Crippen MR) is 87.3 cm³/mol. The second kappa shape index (κ2) is 5.96. The zero-order chi connectivity index (χ0) is 14.8. The normalized spacial score (nSPS) is 20.6. The molecule has 1 aliphatic rings. The molecule has 0 aliphatic carbocycles. The van der Waals surface area contributed by atoms with E-state index in [1.165, 1.54) is 22.3 Å². The minimum Gasteiger partial charge on any atom is -0.303 e. The van der Waals surface area contributed by atoms with Crippen molar-refractivity contribution in [1.82, 2.24) is 14.8 Å². The van der Waals surface area contributed by atoms with Gasteiger partial charge in [-0.15, -0.1) is 0 Å². The van der Waals surface area contributed by atoms with E-state index in [1.54, 1.807) is 0 Å². The Labute approximate surface area is 127 Å². The summed E-state index contributed by atoms with van der Waals surface area (Å²) in [6.45, 7) is 5.43. The Kier molecular flexibility index (Phi) is 4.04. The first kappa shape index (κ1) is 14.2. The fourth-order valence-corrected chi connectivity index (χ4v) is 2.91. The molecule has 0 amide bonds. The average molecular weight is 281 g/mol. The molecule has 1 aromatic carbocycles. The predicted octanol–water partition coefficient (Wildman–Crippen LogP) is 2.98. The number of likely N-dealkylation sites (N-methyl/N-ethyl adjacent to an activating group) is 2. The molecule has 1 saturated heterocycles. The van der Waals surface area contributed by atoms with Crippen LogP contribution < -0.4 is 0 Å². The molecule has 110 valence electrons. The highest BCUT2D eigenvalue weighted by Gasteiger charge is 2.24. The topological polar surface area (TPSA) is 19.4 Å². The van der Waals surface area contributed by atoms with Gasteiger partial charge in [-0.25, -0.2) is 0 Å². The number of pyridine rings is 1. The molecule has 21 heavy (non-hydrogen) atoms. The lowest BCUT2D eigenvalue weighted by Gasteiger charge is -2.37.